The molecule has 2 saturated carbocycles. The van der Waals surface area contributed by atoms with Gasteiger partial charge in [0.2, 0.25) is 0 Å². The summed E-state index contributed by atoms with van der Waals surface area (Å²) in [7, 11) is 0. The third kappa shape index (κ3) is 2.11. The monoisotopic (exact) mass is 181 g/mol. The van der Waals surface area contributed by atoms with Crippen LogP contribution in [0.2, 0.25) is 0 Å². The van der Waals surface area contributed by atoms with Crippen LogP contribution >= 0.6 is 0 Å². The van der Waals surface area contributed by atoms with Crippen molar-refractivity contribution in [1.82, 2.24) is 0 Å². The van der Waals surface area contributed by atoms with E-state index in [1.807, 2.05) is 0 Å². The van der Waals surface area contributed by atoms with Crippen LogP contribution in [-0.4, -0.2) is 11.3 Å². The molecule has 13 heavy (non-hydrogen) atoms. The summed E-state index contributed by atoms with van der Waals surface area (Å²) in [5.41, 5.74) is 5.92. The molecule has 2 nitrogen and oxygen atoms in total. The molecule has 0 saturated heterocycles. The van der Waals surface area contributed by atoms with E-state index in [1.54, 1.807) is 0 Å². The first-order valence-corrected chi connectivity index (χ1v) is 5.49. The second-order valence-corrected chi connectivity index (χ2v) is 4.93. The molecule has 2 fully saturated rings. The summed E-state index contributed by atoms with van der Waals surface area (Å²) in [5, 5.41) is 0. The van der Waals surface area contributed by atoms with Gasteiger partial charge in [-0.2, -0.15) is 0 Å². The Kier molecular flexibility index (Phi) is 2.41. The van der Waals surface area contributed by atoms with Crippen molar-refractivity contribution in [1.29, 1.82) is 0 Å². The highest BCUT2D eigenvalue weighted by Crippen LogP contribution is 2.35. The van der Waals surface area contributed by atoms with Gasteiger partial charge in [-0.05, 0) is 25.2 Å². The summed E-state index contributed by atoms with van der Waals surface area (Å²) in [6.45, 7) is 0. The minimum absolute atomic E-state index is 0.0964. The molecule has 2 N–H and O–H groups in total. The largest absolute Gasteiger partial charge is 0.325 e. The second-order valence-electron chi connectivity index (χ2n) is 4.93. The van der Waals surface area contributed by atoms with Crippen molar-refractivity contribution >= 4 is 5.78 Å². The molecule has 0 heterocycles. The first-order chi connectivity index (χ1) is 6.18. The fourth-order valence-electron chi connectivity index (χ4n) is 2.29. The zero-order valence-electron chi connectivity index (χ0n) is 8.22. The summed E-state index contributed by atoms with van der Waals surface area (Å²) in [5.74, 6) is 1.11. The van der Waals surface area contributed by atoms with Crippen LogP contribution in [0.3, 0.4) is 0 Å². The molecule has 0 unspecified atom stereocenters. The van der Waals surface area contributed by atoms with E-state index in [1.165, 1.54) is 25.7 Å². The van der Waals surface area contributed by atoms with Gasteiger partial charge in [0.25, 0.3) is 0 Å². The summed E-state index contributed by atoms with van der Waals surface area (Å²) >= 11 is 0. The minimum Gasteiger partial charge on any atom is -0.325 e. The van der Waals surface area contributed by atoms with Crippen molar-refractivity contribution in [2.75, 3.05) is 0 Å². The number of nitrogens with two attached hydrogens (primary N) is 1. The van der Waals surface area contributed by atoms with E-state index in [-0.39, 0.29) is 5.54 Å². The van der Waals surface area contributed by atoms with E-state index in [2.05, 4.69) is 0 Å². The van der Waals surface area contributed by atoms with Crippen LogP contribution in [0.15, 0.2) is 0 Å². The maximum Gasteiger partial charge on any atom is 0.135 e. The smallest absolute Gasteiger partial charge is 0.135 e. The number of carbonyl (C=O) groups excluding carboxylic acids is 1. The summed E-state index contributed by atoms with van der Waals surface area (Å²) in [4.78, 5) is 11.6. The molecule has 74 valence electrons. The molecule has 0 radical (unpaired) electrons. The van der Waals surface area contributed by atoms with Crippen molar-refractivity contribution in [3.05, 3.63) is 0 Å². The molecule has 0 atom stereocenters. The number of hydrogen-bond donors (Lipinski definition) is 1. The van der Waals surface area contributed by atoms with Crippen LogP contribution in [0.25, 0.3) is 0 Å². The van der Waals surface area contributed by atoms with E-state index in [9.17, 15) is 4.79 Å². The van der Waals surface area contributed by atoms with Gasteiger partial charge < -0.3 is 5.73 Å². The van der Waals surface area contributed by atoms with Crippen molar-refractivity contribution in [3.8, 4) is 0 Å². The zero-order chi connectivity index (χ0) is 9.31. The summed E-state index contributed by atoms with van der Waals surface area (Å²) in [6.07, 6.45) is 8.64. The Morgan fingerprint density at radius 2 is 2.00 bits per heavy atom. The lowest BCUT2D eigenvalue weighted by molar-refractivity contribution is -0.122. The summed E-state index contributed by atoms with van der Waals surface area (Å²) in [6, 6.07) is 0. The molecule has 0 aliphatic heterocycles. The van der Waals surface area contributed by atoms with E-state index >= 15 is 0 Å². The first-order valence-electron chi connectivity index (χ1n) is 5.49. The highest BCUT2D eigenvalue weighted by Gasteiger charge is 2.35. The van der Waals surface area contributed by atoms with Crippen LogP contribution < -0.4 is 5.73 Å². The quantitative estimate of drug-likeness (QED) is 0.721. The Morgan fingerprint density at radius 1 is 1.31 bits per heavy atom. The number of Topliss-reactive ketones (excluding diaryl/α,β-unsaturated/α-hetero) is 1. The Balaban J connectivity index is 1.71. The zero-order valence-corrected chi connectivity index (χ0v) is 8.22. The standard InChI is InChI=1S/C11H19NO/c12-11(5-2-6-11)8-10(13)7-9-3-1-4-9/h9H,1-8,12H2. The molecule has 0 spiro atoms. The Morgan fingerprint density at radius 3 is 2.38 bits per heavy atom. The average molecular weight is 181 g/mol. The molecular weight excluding hydrogens is 162 g/mol. The highest BCUT2D eigenvalue weighted by molar-refractivity contribution is 5.80. The van der Waals surface area contributed by atoms with Crippen LogP contribution in [0.5, 0.6) is 0 Å². The third-order valence-electron chi connectivity index (χ3n) is 3.64. The Labute approximate surface area is 79.9 Å². The lowest BCUT2D eigenvalue weighted by Gasteiger charge is -2.38. The average Bonchev–Trinajstić information content (AvgIpc) is 1.94. The molecule has 2 heteroatoms. The summed E-state index contributed by atoms with van der Waals surface area (Å²) < 4.78 is 0. The third-order valence-corrected chi connectivity index (χ3v) is 3.64. The van der Waals surface area contributed by atoms with Crippen molar-refractivity contribution in [2.45, 2.75) is 56.9 Å². The van der Waals surface area contributed by atoms with Crippen LogP contribution in [0.4, 0.5) is 0 Å². The highest BCUT2D eigenvalue weighted by atomic mass is 16.1. The topological polar surface area (TPSA) is 43.1 Å². The van der Waals surface area contributed by atoms with Crippen molar-refractivity contribution in [3.63, 3.8) is 0 Å². The fraction of sp³-hybridized carbons (Fsp3) is 0.909. The first kappa shape index (κ1) is 9.20. The lowest BCUT2D eigenvalue weighted by Crippen LogP contribution is -2.48. The lowest BCUT2D eigenvalue weighted by atomic mass is 9.72. The number of rotatable bonds is 4. The van der Waals surface area contributed by atoms with Gasteiger partial charge in [0.05, 0.1) is 0 Å². The van der Waals surface area contributed by atoms with Gasteiger partial charge in [0.15, 0.2) is 0 Å². The van der Waals surface area contributed by atoms with Crippen molar-refractivity contribution in [2.24, 2.45) is 11.7 Å². The van der Waals surface area contributed by atoms with Crippen LogP contribution in [0.1, 0.15) is 51.4 Å². The van der Waals surface area contributed by atoms with Crippen LogP contribution in [-0.2, 0) is 4.79 Å². The maximum atomic E-state index is 11.6. The number of ketones is 1. The predicted molar refractivity (Wildman–Crippen MR) is 52.4 cm³/mol. The van der Waals surface area contributed by atoms with Gasteiger partial charge in [0.1, 0.15) is 5.78 Å². The molecule has 2 aliphatic carbocycles. The van der Waals surface area contributed by atoms with E-state index < -0.39 is 0 Å². The molecule has 0 amide bonds. The molecule has 0 aromatic carbocycles. The van der Waals surface area contributed by atoms with Crippen molar-refractivity contribution < 1.29 is 4.79 Å². The maximum absolute atomic E-state index is 11.6. The van der Waals surface area contributed by atoms with Gasteiger partial charge in [0, 0.05) is 18.4 Å². The van der Waals surface area contributed by atoms with E-state index in [4.69, 9.17) is 5.73 Å². The van der Waals surface area contributed by atoms with Gasteiger partial charge in [-0.3, -0.25) is 4.79 Å². The molecule has 0 aromatic heterocycles. The van der Waals surface area contributed by atoms with Gasteiger partial charge >= 0.3 is 0 Å². The predicted octanol–water partition coefficient (Wildman–Crippen LogP) is 2.02. The molecule has 0 bridgehead atoms. The molecule has 0 aromatic rings. The SMILES string of the molecule is NC1(CC(=O)CC2CCC2)CCC1. The van der Waals surface area contributed by atoms with E-state index in [0.29, 0.717) is 18.1 Å². The minimum atomic E-state index is -0.0964. The van der Waals surface area contributed by atoms with E-state index in [0.717, 1.165) is 19.3 Å². The molecular formula is C11H19NO. The van der Waals surface area contributed by atoms with Gasteiger partial charge in [-0.1, -0.05) is 19.3 Å². The normalized spacial score (nSPS) is 26.2. The van der Waals surface area contributed by atoms with Gasteiger partial charge in [-0.15, -0.1) is 0 Å². The Bertz CT molecular complexity index is 204. The number of carbonyl (C=O) groups is 1. The van der Waals surface area contributed by atoms with Crippen LogP contribution in [0, 0.1) is 5.92 Å². The second kappa shape index (κ2) is 3.41. The van der Waals surface area contributed by atoms with Gasteiger partial charge in [-0.25, -0.2) is 0 Å². The Hall–Kier alpha value is -0.370. The molecule has 2 aliphatic rings. The fourth-order valence-corrected chi connectivity index (χ4v) is 2.29. The molecule has 2 rings (SSSR count). The number of hydrogen-bond acceptors (Lipinski definition) is 2.